The number of aryl methyl sites for hydroxylation is 2. The van der Waals surface area contributed by atoms with E-state index in [0.29, 0.717) is 22.5 Å². The second-order valence-corrected chi connectivity index (χ2v) is 17.6. The largest absolute Gasteiger partial charge is 0.455 e. The van der Waals surface area contributed by atoms with Crippen LogP contribution in [0.2, 0.25) is 5.02 Å². The third-order valence-electron chi connectivity index (χ3n) is 11.1. The highest BCUT2D eigenvalue weighted by molar-refractivity contribution is 7.90. The molecule has 346 valence electrons. The van der Waals surface area contributed by atoms with E-state index in [9.17, 15) is 13.2 Å². The monoisotopic (exact) mass is 902 g/mol. The predicted octanol–water partition coefficient (Wildman–Crippen LogP) is 13.9. The Labute approximate surface area is 385 Å². The number of allylic oxidation sites excluding steroid dienone is 1. The standard InChI is InChI=1S/C43H48ClN5O4S.4C2H6.CH4/c1-27-21-28(2)40(30(4)29(27)3)54(51,52)47-42(50)38-12-11-35(23-39(38)53-36-22-32-14-16-45-41(32)46-25-36)49-19-17-48(18-20-49)26-33-24-43(5,6)15-13-37(33)31-7-9-34(44)10-8-31;4*1-2;/h7-12,14,16,21-23,25H,13,15,17-20,24,26H2,1-6H3,(H,45,46)(H,47,50);4*1-2H3;1H4. The number of aromatic nitrogens is 2. The van der Waals surface area contributed by atoms with Crippen molar-refractivity contribution >= 4 is 49.8 Å². The van der Waals surface area contributed by atoms with Gasteiger partial charge in [0.25, 0.3) is 15.9 Å². The normalized spacial score (nSPS) is 14.6. The number of carbonyl (C=O) groups excluding carboxylic acids is 1. The van der Waals surface area contributed by atoms with Crippen molar-refractivity contribution in [1.29, 1.82) is 0 Å². The lowest BCUT2D eigenvalue weighted by atomic mass is 9.73. The van der Waals surface area contributed by atoms with Crippen LogP contribution >= 0.6 is 11.6 Å². The number of pyridine rings is 1. The number of halogens is 1. The fraction of sp³-hybridized carbons (Fsp3) is 0.462. The molecule has 1 fully saturated rings. The van der Waals surface area contributed by atoms with Gasteiger partial charge in [0, 0.05) is 61.1 Å². The lowest BCUT2D eigenvalue weighted by Gasteiger charge is -2.39. The molecule has 9 nitrogen and oxygen atoms in total. The lowest BCUT2D eigenvalue weighted by Crippen LogP contribution is -2.47. The minimum Gasteiger partial charge on any atom is -0.455 e. The van der Waals surface area contributed by atoms with Gasteiger partial charge in [0.1, 0.15) is 17.1 Å². The van der Waals surface area contributed by atoms with Crippen LogP contribution < -0.4 is 14.4 Å². The summed E-state index contributed by atoms with van der Waals surface area (Å²) in [7, 11) is -4.20. The Morgan fingerprint density at radius 3 is 2.11 bits per heavy atom. The van der Waals surface area contributed by atoms with E-state index in [1.807, 2.05) is 112 Å². The maximum atomic E-state index is 13.9. The van der Waals surface area contributed by atoms with E-state index < -0.39 is 15.9 Å². The molecule has 7 rings (SSSR count). The van der Waals surface area contributed by atoms with Crippen molar-refractivity contribution in [3.05, 3.63) is 117 Å². The summed E-state index contributed by atoms with van der Waals surface area (Å²) in [4.78, 5) is 26.3. The van der Waals surface area contributed by atoms with Gasteiger partial charge in [-0.25, -0.2) is 18.1 Å². The number of fused-ring (bicyclic) bond motifs is 1. The van der Waals surface area contributed by atoms with Gasteiger partial charge in [0.2, 0.25) is 0 Å². The zero-order chi connectivity index (χ0) is 46.4. The van der Waals surface area contributed by atoms with Crippen molar-refractivity contribution in [2.75, 3.05) is 37.6 Å². The molecule has 63 heavy (non-hydrogen) atoms. The zero-order valence-electron chi connectivity index (χ0n) is 39.8. The second kappa shape index (κ2) is 25.0. The summed E-state index contributed by atoms with van der Waals surface area (Å²) < 4.78 is 36.2. The van der Waals surface area contributed by atoms with E-state index in [4.69, 9.17) is 16.3 Å². The number of benzene rings is 3. The average molecular weight is 903 g/mol. The Balaban J connectivity index is 0.00000144. The molecule has 3 aromatic carbocycles. The molecule has 0 atom stereocenters. The number of H-pyrrole nitrogens is 1. The van der Waals surface area contributed by atoms with Gasteiger partial charge in [-0.15, -0.1) is 0 Å². The SMILES string of the molecule is C.CC.CC.CC.CC.Cc1cc(C)c(S(=O)(=O)NC(=O)c2ccc(N3CCN(CC4=C(c5ccc(Cl)cc5)CCC(C)(C)C4)CC3)cc2Oc2cnc3[nH]ccc3c2)c(C)c1C. The molecule has 0 saturated carbocycles. The summed E-state index contributed by atoms with van der Waals surface area (Å²) >= 11 is 6.23. The van der Waals surface area contributed by atoms with Gasteiger partial charge in [-0.3, -0.25) is 9.69 Å². The molecule has 1 amide bonds. The topological polar surface area (TPSA) is 108 Å². The Kier molecular flexibility index (Phi) is 21.6. The van der Waals surface area contributed by atoms with Crippen LogP contribution in [0.5, 0.6) is 11.5 Å². The minimum atomic E-state index is -4.20. The molecular formula is C52H76ClN5O4S. The first-order valence-electron chi connectivity index (χ1n) is 22.5. The maximum Gasteiger partial charge on any atom is 0.268 e. The predicted molar refractivity (Wildman–Crippen MR) is 269 cm³/mol. The first-order chi connectivity index (χ1) is 29.7. The number of carbonyl (C=O) groups is 1. The Bertz CT molecular complexity index is 2380. The fourth-order valence-corrected chi connectivity index (χ4v) is 9.60. The number of rotatable bonds is 9. The molecular weight excluding hydrogens is 826 g/mol. The van der Waals surface area contributed by atoms with Crippen LogP contribution in [0.3, 0.4) is 0 Å². The number of nitrogens with zero attached hydrogens (tertiary/aromatic N) is 3. The van der Waals surface area contributed by atoms with Gasteiger partial charge in [-0.05, 0) is 122 Å². The van der Waals surface area contributed by atoms with Crippen molar-refractivity contribution in [2.24, 2.45) is 5.41 Å². The summed E-state index contributed by atoms with van der Waals surface area (Å²) in [5.74, 6) is -0.0914. The molecule has 1 aliphatic carbocycles. The summed E-state index contributed by atoms with van der Waals surface area (Å²) in [6.45, 7) is 32.3. The molecule has 1 saturated heterocycles. The number of piperazine rings is 1. The summed E-state index contributed by atoms with van der Waals surface area (Å²) in [6, 6.07) is 19.2. The van der Waals surface area contributed by atoms with Gasteiger partial charge >= 0.3 is 0 Å². The molecule has 0 unspecified atom stereocenters. The smallest absolute Gasteiger partial charge is 0.268 e. The molecule has 2 N–H and O–H groups in total. The van der Waals surface area contributed by atoms with Crippen LogP contribution in [0.15, 0.2) is 83.5 Å². The van der Waals surface area contributed by atoms with E-state index in [1.165, 1.54) is 16.7 Å². The Morgan fingerprint density at radius 2 is 1.48 bits per heavy atom. The average Bonchev–Trinajstić information content (AvgIpc) is 3.74. The summed E-state index contributed by atoms with van der Waals surface area (Å²) in [5.41, 5.74) is 9.24. The molecule has 0 bridgehead atoms. The molecule has 1 aliphatic heterocycles. The zero-order valence-corrected chi connectivity index (χ0v) is 41.4. The van der Waals surface area contributed by atoms with Gasteiger partial charge in [0.05, 0.1) is 16.7 Å². The van der Waals surface area contributed by atoms with Crippen molar-refractivity contribution in [1.82, 2.24) is 19.6 Å². The number of hydrogen-bond acceptors (Lipinski definition) is 7. The van der Waals surface area contributed by atoms with Gasteiger partial charge < -0.3 is 14.6 Å². The van der Waals surface area contributed by atoms with E-state index >= 15 is 0 Å². The van der Waals surface area contributed by atoms with Crippen LogP contribution in [0, 0.1) is 33.1 Å². The number of aromatic amines is 1. The highest BCUT2D eigenvalue weighted by Crippen LogP contribution is 2.43. The molecule has 11 heteroatoms. The van der Waals surface area contributed by atoms with E-state index in [2.05, 4.69) is 50.5 Å². The van der Waals surface area contributed by atoms with Crippen LogP contribution in [0.1, 0.15) is 134 Å². The van der Waals surface area contributed by atoms with Gasteiger partial charge in [0.15, 0.2) is 0 Å². The van der Waals surface area contributed by atoms with Crippen LogP contribution in [-0.4, -0.2) is 61.9 Å². The van der Waals surface area contributed by atoms with Gasteiger partial charge in [-0.2, -0.15) is 0 Å². The number of ether oxygens (including phenoxy) is 1. The Morgan fingerprint density at radius 1 is 0.841 bits per heavy atom. The van der Waals surface area contributed by atoms with Crippen LogP contribution in [-0.2, 0) is 10.0 Å². The number of sulfonamides is 1. The van der Waals surface area contributed by atoms with Crippen molar-refractivity contribution in [3.8, 4) is 11.5 Å². The molecule has 0 radical (unpaired) electrons. The highest BCUT2D eigenvalue weighted by atomic mass is 35.5. The third kappa shape index (κ3) is 13.7. The minimum absolute atomic E-state index is 0. The third-order valence-corrected chi connectivity index (χ3v) is 13.0. The lowest BCUT2D eigenvalue weighted by molar-refractivity contribution is 0.0979. The number of hydrogen-bond donors (Lipinski definition) is 2. The first kappa shape index (κ1) is 54.5. The van der Waals surface area contributed by atoms with Crippen LogP contribution in [0.4, 0.5) is 5.69 Å². The van der Waals surface area contributed by atoms with E-state index in [-0.39, 0.29) is 29.1 Å². The van der Waals surface area contributed by atoms with E-state index in [1.54, 1.807) is 32.3 Å². The van der Waals surface area contributed by atoms with Crippen LogP contribution in [0.25, 0.3) is 16.6 Å². The quantitative estimate of drug-likeness (QED) is 0.152. The second-order valence-electron chi connectivity index (χ2n) is 15.6. The highest BCUT2D eigenvalue weighted by Gasteiger charge is 2.30. The van der Waals surface area contributed by atoms with E-state index in [0.717, 1.165) is 79.2 Å². The fourth-order valence-electron chi connectivity index (χ4n) is 7.98. The molecule has 5 aromatic rings. The van der Waals surface area contributed by atoms with Crippen molar-refractivity contribution in [2.45, 2.75) is 129 Å². The number of anilines is 1. The van der Waals surface area contributed by atoms with Crippen molar-refractivity contribution < 1.29 is 17.9 Å². The molecule has 3 heterocycles. The Hall–Kier alpha value is -4.64. The summed E-state index contributed by atoms with van der Waals surface area (Å²) in [6.07, 6.45) is 6.67. The summed E-state index contributed by atoms with van der Waals surface area (Å²) in [5, 5.41) is 1.60. The van der Waals surface area contributed by atoms with Crippen molar-refractivity contribution in [3.63, 3.8) is 0 Å². The number of amides is 1. The molecule has 2 aliphatic rings. The maximum absolute atomic E-state index is 13.9. The van der Waals surface area contributed by atoms with Gasteiger partial charge in [-0.1, -0.05) is 112 Å². The number of nitrogens with one attached hydrogen (secondary N) is 2. The first-order valence-corrected chi connectivity index (χ1v) is 24.4. The molecule has 0 spiro atoms. The molecule has 2 aromatic heterocycles.